The topological polar surface area (TPSA) is 58.2 Å². The van der Waals surface area contributed by atoms with Gasteiger partial charge in [-0.15, -0.1) is 0 Å². The van der Waals surface area contributed by atoms with Crippen LogP contribution in [0.4, 0.5) is 5.69 Å². The molecule has 0 radical (unpaired) electrons. The minimum Gasteiger partial charge on any atom is -0.313 e. The summed E-state index contributed by atoms with van der Waals surface area (Å²) in [6.07, 6.45) is 1.89. The van der Waals surface area contributed by atoms with Crippen molar-refractivity contribution in [3.05, 3.63) is 28.2 Å². The number of hydrogen-bond donors (Lipinski definition) is 2. The molecule has 1 aliphatic rings. The van der Waals surface area contributed by atoms with Gasteiger partial charge in [-0.05, 0) is 31.5 Å². The molecule has 1 aliphatic heterocycles. The molecule has 100 valence electrons. The Morgan fingerprint density at radius 1 is 1.39 bits per heavy atom. The highest BCUT2D eigenvalue weighted by atomic mass is 35.5. The molecule has 1 atom stereocenters. The third-order valence-electron chi connectivity index (χ3n) is 2.80. The van der Waals surface area contributed by atoms with E-state index in [1.165, 1.54) is 0 Å². The van der Waals surface area contributed by atoms with Gasteiger partial charge in [0, 0.05) is 6.04 Å². The first kappa shape index (κ1) is 13.9. The summed E-state index contributed by atoms with van der Waals surface area (Å²) in [6, 6.07) is 4.87. The van der Waals surface area contributed by atoms with Crippen LogP contribution in [0.15, 0.2) is 18.2 Å². The first-order valence-corrected chi connectivity index (χ1v) is 8.07. The SMILES string of the molecule is O=S(=O)(CC1CCCN1)Nc1cccc(Cl)c1Cl. The minimum atomic E-state index is -3.41. The summed E-state index contributed by atoms with van der Waals surface area (Å²) in [7, 11) is -3.41. The van der Waals surface area contributed by atoms with Crippen LogP contribution in [0.25, 0.3) is 0 Å². The standard InChI is InChI=1S/C11H14Cl2N2O2S/c12-9-4-1-5-10(11(9)13)15-18(16,17)7-8-3-2-6-14-8/h1,4-5,8,14-15H,2-3,6-7H2. The van der Waals surface area contributed by atoms with Crippen LogP contribution in [0.3, 0.4) is 0 Å². The van der Waals surface area contributed by atoms with E-state index >= 15 is 0 Å². The van der Waals surface area contributed by atoms with E-state index in [1.54, 1.807) is 18.2 Å². The molecule has 1 heterocycles. The van der Waals surface area contributed by atoms with Crippen LogP contribution in [0.1, 0.15) is 12.8 Å². The highest BCUT2D eigenvalue weighted by molar-refractivity contribution is 7.92. The highest BCUT2D eigenvalue weighted by Gasteiger charge is 2.22. The molecule has 0 spiro atoms. The van der Waals surface area contributed by atoms with Crippen LogP contribution >= 0.6 is 23.2 Å². The van der Waals surface area contributed by atoms with E-state index in [0.29, 0.717) is 10.7 Å². The Bertz CT molecular complexity index is 528. The van der Waals surface area contributed by atoms with Crippen LogP contribution < -0.4 is 10.0 Å². The van der Waals surface area contributed by atoms with Gasteiger partial charge >= 0.3 is 0 Å². The van der Waals surface area contributed by atoms with E-state index in [-0.39, 0.29) is 16.8 Å². The molecule has 4 nitrogen and oxygen atoms in total. The maximum atomic E-state index is 12.0. The summed E-state index contributed by atoms with van der Waals surface area (Å²) in [5, 5.41) is 3.70. The van der Waals surface area contributed by atoms with Gasteiger partial charge in [0.2, 0.25) is 10.0 Å². The van der Waals surface area contributed by atoms with E-state index in [9.17, 15) is 8.42 Å². The monoisotopic (exact) mass is 308 g/mol. The zero-order valence-electron chi connectivity index (χ0n) is 9.62. The van der Waals surface area contributed by atoms with Gasteiger partial charge in [-0.2, -0.15) is 0 Å². The lowest BCUT2D eigenvalue weighted by molar-refractivity contribution is 0.582. The molecule has 0 amide bonds. The molecule has 0 aromatic heterocycles. The van der Waals surface area contributed by atoms with Crippen molar-refractivity contribution in [3.63, 3.8) is 0 Å². The molecule has 1 aromatic rings. The second kappa shape index (κ2) is 5.65. The lowest BCUT2D eigenvalue weighted by atomic mass is 10.3. The summed E-state index contributed by atoms with van der Waals surface area (Å²) in [5.41, 5.74) is 0.321. The second-order valence-electron chi connectivity index (χ2n) is 4.28. The Morgan fingerprint density at radius 2 is 2.17 bits per heavy atom. The fraction of sp³-hybridized carbons (Fsp3) is 0.455. The molecular formula is C11H14Cl2N2O2S. The van der Waals surface area contributed by atoms with E-state index in [2.05, 4.69) is 10.0 Å². The Hall–Kier alpha value is -0.490. The van der Waals surface area contributed by atoms with Crippen molar-refractivity contribution in [2.45, 2.75) is 18.9 Å². The molecule has 1 saturated heterocycles. The number of nitrogens with one attached hydrogen (secondary N) is 2. The molecule has 1 fully saturated rings. The molecule has 1 unspecified atom stereocenters. The van der Waals surface area contributed by atoms with Crippen LogP contribution in [-0.2, 0) is 10.0 Å². The van der Waals surface area contributed by atoms with Crippen molar-refractivity contribution in [2.75, 3.05) is 17.0 Å². The maximum absolute atomic E-state index is 12.0. The maximum Gasteiger partial charge on any atom is 0.234 e. The molecular weight excluding hydrogens is 295 g/mol. The van der Waals surface area contributed by atoms with Crippen molar-refractivity contribution in [1.82, 2.24) is 5.32 Å². The summed E-state index contributed by atoms with van der Waals surface area (Å²) >= 11 is 11.8. The normalized spacial score (nSPS) is 20.0. The van der Waals surface area contributed by atoms with E-state index in [1.807, 2.05) is 0 Å². The van der Waals surface area contributed by atoms with E-state index in [0.717, 1.165) is 19.4 Å². The molecule has 0 saturated carbocycles. The Morgan fingerprint density at radius 3 is 2.83 bits per heavy atom. The lowest BCUT2D eigenvalue weighted by Crippen LogP contribution is -2.32. The first-order chi connectivity index (χ1) is 8.48. The predicted octanol–water partition coefficient (Wildman–Crippen LogP) is 2.49. The Kier molecular flexibility index (Phi) is 4.37. The van der Waals surface area contributed by atoms with Crippen LogP contribution in [0, 0.1) is 0 Å². The fourth-order valence-electron chi connectivity index (χ4n) is 1.96. The summed E-state index contributed by atoms with van der Waals surface area (Å²) < 4.78 is 26.4. The number of benzene rings is 1. The van der Waals surface area contributed by atoms with Gasteiger partial charge in [0.1, 0.15) is 0 Å². The predicted molar refractivity (Wildman–Crippen MR) is 74.9 cm³/mol. The van der Waals surface area contributed by atoms with Crippen LogP contribution in [0.2, 0.25) is 10.0 Å². The average molecular weight is 309 g/mol. The largest absolute Gasteiger partial charge is 0.313 e. The van der Waals surface area contributed by atoms with Crippen LogP contribution in [0.5, 0.6) is 0 Å². The van der Waals surface area contributed by atoms with Gasteiger partial charge in [0.05, 0.1) is 21.5 Å². The molecule has 18 heavy (non-hydrogen) atoms. The third-order valence-corrected chi connectivity index (χ3v) is 4.99. The zero-order chi connectivity index (χ0) is 13.2. The third kappa shape index (κ3) is 3.51. The smallest absolute Gasteiger partial charge is 0.234 e. The van der Waals surface area contributed by atoms with Gasteiger partial charge in [0.15, 0.2) is 0 Å². The van der Waals surface area contributed by atoms with Gasteiger partial charge in [0.25, 0.3) is 0 Å². The molecule has 2 rings (SSSR count). The Balaban J connectivity index is 2.09. The number of rotatable bonds is 4. The summed E-state index contributed by atoms with van der Waals surface area (Å²) in [6.45, 7) is 0.873. The molecule has 1 aromatic carbocycles. The molecule has 0 aliphatic carbocycles. The van der Waals surface area contributed by atoms with Crippen molar-refractivity contribution < 1.29 is 8.42 Å². The van der Waals surface area contributed by atoms with Gasteiger partial charge in [-0.25, -0.2) is 8.42 Å². The summed E-state index contributed by atoms with van der Waals surface area (Å²) in [5.74, 6) is 0.0514. The molecule has 7 heteroatoms. The lowest BCUT2D eigenvalue weighted by Gasteiger charge is -2.13. The van der Waals surface area contributed by atoms with Crippen molar-refractivity contribution >= 4 is 38.9 Å². The van der Waals surface area contributed by atoms with Crippen LogP contribution in [-0.4, -0.2) is 26.8 Å². The van der Waals surface area contributed by atoms with Crippen molar-refractivity contribution in [3.8, 4) is 0 Å². The zero-order valence-corrected chi connectivity index (χ0v) is 11.9. The number of sulfonamides is 1. The van der Waals surface area contributed by atoms with Crippen molar-refractivity contribution in [1.29, 1.82) is 0 Å². The average Bonchev–Trinajstić information content (AvgIpc) is 2.76. The molecule has 2 N–H and O–H groups in total. The number of halogens is 2. The van der Waals surface area contributed by atoms with Gasteiger partial charge < -0.3 is 5.32 Å². The summed E-state index contributed by atoms with van der Waals surface area (Å²) in [4.78, 5) is 0. The second-order valence-corrected chi connectivity index (χ2v) is 6.83. The fourth-order valence-corrected chi connectivity index (χ4v) is 3.76. The molecule has 0 bridgehead atoms. The quantitative estimate of drug-likeness (QED) is 0.898. The highest BCUT2D eigenvalue weighted by Crippen LogP contribution is 2.30. The number of hydrogen-bond acceptors (Lipinski definition) is 3. The van der Waals surface area contributed by atoms with E-state index in [4.69, 9.17) is 23.2 Å². The van der Waals surface area contributed by atoms with Gasteiger partial charge in [-0.1, -0.05) is 29.3 Å². The Labute approximate surface area is 117 Å². The van der Waals surface area contributed by atoms with E-state index < -0.39 is 10.0 Å². The first-order valence-electron chi connectivity index (χ1n) is 5.66. The van der Waals surface area contributed by atoms with Gasteiger partial charge in [-0.3, -0.25) is 4.72 Å². The number of anilines is 1. The van der Waals surface area contributed by atoms with Crippen molar-refractivity contribution in [2.24, 2.45) is 0 Å². The minimum absolute atomic E-state index is 0.0143.